The summed E-state index contributed by atoms with van der Waals surface area (Å²) in [4.78, 5) is 0. The van der Waals surface area contributed by atoms with Crippen LogP contribution in [0.4, 0.5) is 4.39 Å². The molecular weight excluding hydrogens is 265 g/mol. The second-order valence-corrected chi connectivity index (χ2v) is 5.73. The molecule has 19 heavy (non-hydrogen) atoms. The van der Waals surface area contributed by atoms with Gasteiger partial charge >= 0.3 is 0 Å². The zero-order valence-corrected chi connectivity index (χ0v) is 12.3. The van der Waals surface area contributed by atoms with E-state index in [2.05, 4.69) is 18.5 Å². The summed E-state index contributed by atoms with van der Waals surface area (Å²) in [6.07, 6.45) is 2.61. The van der Waals surface area contributed by atoms with E-state index in [1.165, 1.54) is 12.1 Å². The normalized spacial score (nSPS) is 14.1. The molecule has 0 amide bonds. The first-order valence-corrected chi connectivity index (χ1v) is 7.70. The van der Waals surface area contributed by atoms with Crippen LogP contribution in [-0.2, 0) is 0 Å². The van der Waals surface area contributed by atoms with Crippen molar-refractivity contribution >= 4 is 11.8 Å². The molecule has 0 aromatic heterocycles. The van der Waals surface area contributed by atoms with E-state index in [0.29, 0.717) is 17.5 Å². The number of ether oxygens (including phenoxy) is 1. The summed E-state index contributed by atoms with van der Waals surface area (Å²) in [5.41, 5.74) is 0. The number of nitrogens with one attached hydrogen (secondary N) is 1. The summed E-state index contributed by atoms with van der Waals surface area (Å²) >= 11 is 1.83. The molecule has 1 aromatic carbocycles. The summed E-state index contributed by atoms with van der Waals surface area (Å²) in [7, 11) is 0. The van der Waals surface area contributed by atoms with Gasteiger partial charge < -0.3 is 15.2 Å². The molecule has 108 valence electrons. The van der Waals surface area contributed by atoms with E-state index in [9.17, 15) is 9.50 Å². The van der Waals surface area contributed by atoms with E-state index in [-0.39, 0.29) is 12.4 Å². The van der Waals surface area contributed by atoms with E-state index in [4.69, 9.17) is 4.74 Å². The molecular formula is C14H22FNO2S. The van der Waals surface area contributed by atoms with Crippen LogP contribution in [0.2, 0.25) is 0 Å². The molecule has 2 N–H and O–H groups in total. The second kappa shape index (κ2) is 9.18. The molecule has 5 heteroatoms. The summed E-state index contributed by atoms with van der Waals surface area (Å²) in [5.74, 6) is 0.272. The van der Waals surface area contributed by atoms with Gasteiger partial charge in [0.2, 0.25) is 0 Å². The van der Waals surface area contributed by atoms with Gasteiger partial charge in [0.05, 0.1) is 0 Å². The minimum atomic E-state index is -0.561. The lowest BCUT2D eigenvalue weighted by Crippen LogP contribution is -2.32. The third-order valence-corrected chi connectivity index (χ3v) is 3.81. The quantitative estimate of drug-likeness (QED) is 0.684. The third-order valence-electron chi connectivity index (χ3n) is 2.77. The minimum Gasteiger partial charge on any atom is -0.491 e. The zero-order chi connectivity index (χ0) is 14.1. The fraction of sp³-hybridized carbons (Fsp3) is 0.571. The number of hydrogen-bond acceptors (Lipinski definition) is 4. The highest BCUT2D eigenvalue weighted by Crippen LogP contribution is 2.11. The van der Waals surface area contributed by atoms with Gasteiger partial charge in [0.15, 0.2) is 0 Å². The first-order chi connectivity index (χ1) is 9.11. The van der Waals surface area contributed by atoms with E-state index in [1.54, 1.807) is 12.1 Å². The average Bonchev–Trinajstić information content (AvgIpc) is 2.42. The van der Waals surface area contributed by atoms with E-state index in [0.717, 1.165) is 13.0 Å². The average molecular weight is 287 g/mol. The fourth-order valence-electron chi connectivity index (χ4n) is 1.47. The number of halogens is 1. The van der Waals surface area contributed by atoms with Crippen molar-refractivity contribution in [2.75, 3.05) is 26.0 Å². The Hall–Kier alpha value is -0.780. The smallest absolute Gasteiger partial charge is 0.123 e. The zero-order valence-electron chi connectivity index (χ0n) is 11.4. The lowest BCUT2D eigenvalue weighted by atomic mass is 10.3. The van der Waals surface area contributed by atoms with Gasteiger partial charge in [-0.05, 0) is 43.5 Å². The molecule has 3 nitrogen and oxygen atoms in total. The minimum absolute atomic E-state index is 0.205. The van der Waals surface area contributed by atoms with Crippen molar-refractivity contribution in [2.45, 2.75) is 24.7 Å². The van der Waals surface area contributed by atoms with Crippen molar-refractivity contribution in [3.8, 4) is 5.75 Å². The molecule has 0 aliphatic rings. The molecule has 0 radical (unpaired) electrons. The van der Waals surface area contributed by atoms with E-state index in [1.807, 2.05) is 11.8 Å². The Morgan fingerprint density at radius 2 is 2.05 bits per heavy atom. The predicted octanol–water partition coefficient (Wildman–Crippen LogP) is 2.30. The largest absolute Gasteiger partial charge is 0.491 e. The number of thioether (sulfide) groups is 1. The van der Waals surface area contributed by atoms with E-state index < -0.39 is 6.10 Å². The van der Waals surface area contributed by atoms with Crippen LogP contribution in [0.1, 0.15) is 13.3 Å². The van der Waals surface area contributed by atoms with Crippen molar-refractivity contribution in [1.29, 1.82) is 0 Å². The Balaban J connectivity index is 2.10. The first-order valence-electron chi connectivity index (χ1n) is 6.41. The van der Waals surface area contributed by atoms with E-state index >= 15 is 0 Å². The first kappa shape index (κ1) is 16.3. The van der Waals surface area contributed by atoms with Crippen LogP contribution in [0.25, 0.3) is 0 Å². The molecule has 0 heterocycles. The Bertz CT molecular complexity index is 348. The van der Waals surface area contributed by atoms with Gasteiger partial charge in [0, 0.05) is 11.8 Å². The molecule has 0 fully saturated rings. The molecule has 1 aromatic rings. The summed E-state index contributed by atoms with van der Waals surface area (Å²) in [5, 5.41) is 13.5. The van der Waals surface area contributed by atoms with Crippen LogP contribution < -0.4 is 10.1 Å². The molecule has 1 rings (SSSR count). The maximum atomic E-state index is 12.7. The van der Waals surface area contributed by atoms with Crippen LogP contribution in [0.15, 0.2) is 24.3 Å². The second-order valence-electron chi connectivity index (χ2n) is 4.46. The molecule has 0 aliphatic heterocycles. The molecule has 2 unspecified atom stereocenters. The monoisotopic (exact) mass is 287 g/mol. The number of rotatable bonds is 9. The highest BCUT2D eigenvalue weighted by atomic mass is 32.2. The lowest BCUT2D eigenvalue weighted by molar-refractivity contribution is 0.106. The van der Waals surface area contributed by atoms with Gasteiger partial charge in [0.1, 0.15) is 24.3 Å². The maximum absolute atomic E-state index is 12.7. The Kier molecular flexibility index (Phi) is 7.86. The number of aliphatic hydroxyl groups is 1. The topological polar surface area (TPSA) is 41.5 Å². The number of aliphatic hydroxyl groups excluding tert-OH is 1. The van der Waals surface area contributed by atoms with Gasteiger partial charge in [-0.3, -0.25) is 0 Å². The van der Waals surface area contributed by atoms with Crippen LogP contribution >= 0.6 is 11.8 Å². The number of benzene rings is 1. The summed E-state index contributed by atoms with van der Waals surface area (Å²) in [6, 6.07) is 5.78. The predicted molar refractivity (Wildman–Crippen MR) is 78.4 cm³/mol. The van der Waals surface area contributed by atoms with Crippen molar-refractivity contribution in [3.05, 3.63) is 30.1 Å². The Morgan fingerprint density at radius 3 is 2.68 bits per heavy atom. The Morgan fingerprint density at radius 1 is 1.37 bits per heavy atom. The standard InChI is InChI=1S/C14H22FNO2S/c1-11(19-2)7-8-16-9-13(17)10-18-14-5-3-12(15)4-6-14/h3-6,11,13,16-17H,7-10H2,1-2H3. The molecule has 0 saturated heterocycles. The third kappa shape index (κ3) is 7.40. The van der Waals surface area contributed by atoms with Gasteiger partial charge in [-0.2, -0.15) is 11.8 Å². The van der Waals surface area contributed by atoms with Crippen molar-refractivity contribution < 1.29 is 14.2 Å². The van der Waals surface area contributed by atoms with Crippen molar-refractivity contribution in [1.82, 2.24) is 5.32 Å². The number of hydrogen-bond donors (Lipinski definition) is 2. The van der Waals surface area contributed by atoms with Gasteiger partial charge in [-0.15, -0.1) is 0 Å². The van der Waals surface area contributed by atoms with Crippen molar-refractivity contribution in [3.63, 3.8) is 0 Å². The highest BCUT2D eigenvalue weighted by molar-refractivity contribution is 7.99. The summed E-state index contributed by atoms with van der Waals surface area (Å²) < 4.78 is 18.0. The van der Waals surface area contributed by atoms with Crippen molar-refractivity contribution in [2.24, 2.45) is 0 Å². The molecule has 0 bridgehead atoms. The van der Waals surface area contributed by atoms with Gasteiger partial charge in [0.25, 0.3) is 0 Å². The lowest BCUT2D eigenvalue weighted by Gasteiger charge is -2.14. The van der Waals surface area contributed by atoms with Gasteiger partial charge in [-0.1, -0.05) is 6.92 Å². The van der Waals surface area contributed by atoms with Crippen LogP contribution in [0, 0.1) is 5.82 Å². The van der Waals surface area contributed by atoms with Crippen LogP contribution in [0.5, 0.6) is 5.75 Å². The van der Waals surface area contributed by atoms with Crippen LogP contribution in [-0.4, -0.2) is 42.4 Å². The van der Waals surface area contributed by atoms with Crippen LogP contribution in [0.3, 0.4) is 0 Å². The SMILES string of the molecule is CSC(C)CCNCC(O)COc1ccc(F)cc1. The molecule has 0 aliphatic carbocycles. The highest BCUT2D eigenvalue weighted by Gasteiger charge is 2.05. The molecule has 2 atom stereocenters. The Labute approximate surface area is 118 Å². The fourth-order valence-corrected chi connectivity index (χ4v) is 1.83. The maximum Gasteiger partial charge on any atom is 0.123 e. The van der Waals surface area contributed by atoms with Gasteiger partial charge in [-0.25, -0.2) is 4.39 Å². The summed E-state index contributed by atoms with van der Waals surface area (Å²) in [6.45, 7) is 3.77. The molecule has 0 saturated carbocycles. The molecule has 0 spiro atoms.